The lowest BCUT2D eigenvalue weighted by Crippen LogP contribution is -2.13. The van der Waals surface area contributed by atoms with E-state index in [0.29, 0.717) is 0 Å². The van der Waals surface area contributed by atoms with Gasteiger partial charge in [-0.25, -0.2) is 13.6 Å². The minimum atomic E-state index is -4.08. The van der Waals surface area contributed by atoms with Crippen molar-refractivity contribution in [1.29, 1.82) is 0 Å². The van der Waals surface area contributed by atoms with E-state index in [1.54, 1.807) is 0 Å². The molecule has 0 unspecified atom stereocenters. The molecule has 10 heteroatoms. The van der Waals surface area contributed by atoms with Crippen molar-refractivity contribution in [2.75, 3.05) is 0 Å². The topological polar surface area (TPSA) is 126 Å². The van der Waals surface area contributed by atoms with Gasteiger partial charge in [0.1, 0.15) is 10.3 Å². The van der Waals surface area contributed by atoms with Gasteiger partial charge in [0.2, 0.25) is 10.0 Å². The predicted molar refractivity (Wildman–Crippen MR) is 99.9 cm³/mol. The maximum absolute atomic E-state index is 12.2. The zero-order valence-corrected chi connectivity index (χ0v) is 15.2. The molecule has 0 aliphatic rings. The van der Waals surface area contributed by atoms with Crippen molar-refractivity contribution in [1.82, 2.24) is 9.97 Å². The van der Waals surface area contributed by atoms with Crippen LogP contribution in [0.15, 0.2) is 57.2 Å². The standard InChI is InChI=1S/C16H11Cl2N3O4S/c17-15-4-13(22)11(6-20-15)8-1-9(3-10(2-8)26(19,24)25)12-7-21-16(18)5-14(12)23/h1-7H,(H,20,22)(H,21,23)(H2,19,24,25). The molecule has 0 saturated carbocycles. The third-order valence-corrected chi connectivity index (χ3v) is 4.94. The Balaban J connectivity index is 2.33. The second-order valence-corrected chi connectivity index (χ2v) is 7.78. The summed E-state index contributed by atoms with van der Waals surface area (Å²) in [6, 6.07) is 6.33. The van der Waals surface area contributed by atoms with Gasteiger partial charge in [-0.05, 0) is 29.3 Å². The van der Waals surface area contributed by atoms with Crippen LogP contribution in [0, 0.1) is 0 Å². The monoisotopic (exact) mass is 411 g/mol. The number of pyridine rings is 2. The molecule has 0 fully saturated rings. The first-order chi connectivity index (χ1) is 12.1. The molecule has 0 spiro atoms. The maximum atomic E-state index is 12.2. The Kier molecular flexibility index (Phi) is 4.76. The summed E-state index contributed by atoms with van der Waals surface area (Å²) in [5, 5.41) is 5.50. The molecule has 2 heterocycles. The van der Waals surface area contributed by atoms with Crippen molar-refractivity contribution in [3.63, 3.8) is 0 Å². The van der Waals surface area contributed by atoms with E-state index >= 15 is 0 Å². The summed E-state index contributed by atoms with van der Waals surface area (Å²) in [5.74, 6) is 0. The Morgan fingerprint density at radius 3 is 1.54 bits per heavy atom. The average molecular weight is 412 g/mol. The number of primary sulfonamides is 1. The molecule has 26 heavy (non-hydrogen) atoms. The van der Waals surface area contributed by atoms with Crippen molar-refractivity contribution >= 4 is 33.2 Å². The van der Waals surface area contributed by atoms with Crippen molar-refractivity contribution in [3.8, 4) is 22.3 Å². The van der Waals surface area contributed by atoms with Crippen LogP contribution in [0.3, 0.4) is 0 Å². The van der Waals surface area contributed by atoms with E-state index in [1.807, 2.05) is 0 Å². The van der Waals surface area contributed by atoms with Gasteiger partial charge in [-0.15, -0.1) is 0 Å². The molecule has 134 valence electrons. The molecule has 0 saturated heterocycles. The Morgan fingerprint density at radius 1 is 0.769 bits per heavy atom. The Bertz CT molecular complexity index is 1150. The fourth-order valence-corrected chi connectivity index (χ4v) is 3.31. The molecule has 0 aliphatic heterocycles. The number of benzene rings is 1. The number of nitrogens with one attached hydrogen (secondary N) is 2. The molecule has 7 nitrogen and oxygen atoms in total. The van der Waals surface area contributed by atoms with Crippen LogP contribution < -0.4 is 16.0 Å². The molecular formula is C16H11Cl2N3O4S. The van der Waals surface area contributed by atoms with Crippen LogP contribution in [0.25, 0.3) is 22.3 Å². The molecule has 0 aliphatic carbocycles. The summed E-state index contributed by atoms with van der Waals surface area (Å²) in [6.07, 6.45) is 2.70. The first-order valence-electron chi connectivity index (χ1n) is 7.10. The second-order valence-electron chi connectivity index (χ2n) is 5.41. The fourth-order valence-electron chi connectivity index (χ4n) is 2.42. The molecule has 0 radical (unpaired) electrons. The van der Waals surface area contributed by atoms with E-state index in [1.165, 1.54) is 30.6 Å². The zero-order chi connectivity index (χ0) is 19.1. The molecule has 0 atom stereocenters. The Labute approximate surface area is 157 Å². The van der Waals surface area contributed by atoms with Gasteiger partial charge >= 0.3 is 0 Å². The molecule has 1 aromatic carbocycles. The van der Waals surface area contributed by atoms with Crippen molar-refractivity contribution in [3.05, 3.63) is 73.5 Å². The number of H-pyrrole nitrogens is 2. The first-order valence-corrected chi connectivity index (χ1v) is 9.40. The summed E-state index contributed by atoms with van der Waals surface area (Å²) in [5.41, 5.74) is 0.0308. The highest BCUT2D eigenvalue weighted by molar-refractivity contribution is 7.89. The summed E-state index contributed by atoms with van der Waals surface area (Å²) in [4.78, 5) is 29.5. The van der Waals surface area contributed by atoms with Gasteiger partial charge in [-0.1, -0.05) is 23.2 Å². The molecule has 0 amide bonds. The molecule has 0 bridgehead atoms. The van der Waals surface area contributed by atoms with Gasteiger partial charge in [0.25, 0.3) is 0 Å². The Hall–Kier alpha value is -2.39. The minimum absolute atomic E-state index is 0.135. The van der Waals surface area contributed by atoms with Crippen LogP contribution in [-0.4, -0.2) is 18.4 Å². The molecule has 2 aromatic heterocycles. The van der Waals surface area contributed by atoms with Crippen molar-refractivity contribution in [2.24, 2.45) is 5.14 Å². The van der Waals surface area contributed by atoms with Gasteiger partial charge in [0.05, 0.1) is 4.90 Å². The van der Waals surface area contributed by atoms with Gasteiger partial charge in [0, 0.05) is 35.7 Å². The van der Waals surface area contributed by atoms with Crippen LogP contribution >= 0.6 is 23.2 Å². The summed E-state index contributed by atoms with van der Waals surface area (Å²) in [7, 11) is -4.08. The highest BCUT2D eigenvalue weighted by Crippen LogP contribution is 2.27. The number of hydrogen-bond donors (Lipinski definition) is 3. The number of nitrogens with two attached hydrogens (primary N) is 1. The SMILES string of the molecule is NS(=O)(=O)c1cc(-c2c[nH]c(Cl)cc2=O)cc(-c2c[nH]c(Cl)cc2=O)c1. The van der Waals surface area contributed by atoms with Crippen molar-refractivity contribution < 1.29 is 8.42 Å². The number of hydrogen-bond acceptors (Lipinski definition) is 4. The quantitative estimate of drug-likeness (QED) is 0.571. The highest BCUT2D eigenvalue weighted by atomic mass is 35.5. The van der Waals surface area contributed by atoms with E-state index in [9.17, 15) is 18.0 Å². The number of aromatic nitrogens is 2. The highest BCUT2D eigenvalue weighted by Gasteiger charge is 2.16. The summed E-state index contributed by atoms with van der Waals surface area (Å²) < 4.78 is 23.7. The lowest BCUT2D eigenvalue weighted by Gasteiger charge is -2.09. The van der Waals surface area contributed by atoms with E-state index in [4.69, 9.17) is 28.3 Å². The molecule has 3 aromatic rings. The number of sulfonamides is 1. The van der Waals surface area contributed by atoms with Crippen LogP contribution in [0.4, 0.5) is 0 Å². The van der Waals surface area contributed by atoms with E-state index in [0.717, 1.165) is 12.1 Å². The predicted octanol–water partition coefficient (Wildman–Crippen LogP) is 2.35. The van der Waals surface area contributed by atoms with Crippen LogP contribution in [-0.2, 0) is 10.0 Å². The second kappa shape index (κ2) is 6.73. The lowest BCUT2D eigenvalue weighted by molar-refractivity contribution is 0.598. The zero-order valence-electron chi connectivity index (χ0n) is 12.9. The molecule has 4 N–H and O–H groups in total. The fraction of sp³-hybridized carbons (Fsp3) is 0. The lowest BCUT2D eigenvalue weighted by atomic mass is 10.0. The van der Waals surface area contributed by atoms with Crippen LogP contribution in [0.5, 0.6) is 0 Å². The smallest absolute Gasteiger partial charge is 0.238 e. The maximum Gasteiger partial charge on any atom is 0.238 e. The van der Waals surface area contributed by atoms with Crippen molar-refractivity contribution in [2.45, 2.75) is 4.90 Å². The molecular weight excluding hydrogens is 401 g/mol. The summed E-state index contributed by atoms with van der Waals surface area (Å²) >= 11 is 11.5. The molecule has 3 rings (SSSR count). The van der Waals surface area contributed by atoms with Gasteiger partial charge in [-0.3, -0.25) is 9.59 Å². The largest absolute Gasteiger partial charge is 0.352 e. The van der Waals surface area contributed by atoms with Gasteiger partial charge in [-0.2, -0.15) is 0 Å². The van der Waals surface area contributed by atoms with Crippen LogP contribution in [0.1, 0.15) is 0 Å². The third kappa shape index (κ3) is 3.73. The first kappa shape index (κ1) is 18.4. The third-order valence-electron chi connectivity index (χ3n) is 3.61. The average Bonchev–Trinajstić information content (AvgIpc) is 2.53. The van der Waals surface area contributed by atoms with E-state index in [-0.39, 0.29) is 37.5 Å². The van der Waals surface area contributed by atoms with E-state index < -0.39 is 20.9 Å². The van der Waals surface area contributed by atoms with Crippen LogP contribution in [0.2, 0.25) is 10.3 Å². The van der Waals surface area contributed by atoms with Gasteiger partial charge < -0.3 is 9.97 Å². The number of aromatic amines is 2. The normalized spacial score (nSPS) is 11.5. The van der Waals surface area contributed by atoms with Gasteiger partial charge in [0.15, 0.2) is 10.9 Å². The Morgan fingerprint density at radius 2 is 1.19 bits per heavy atom. The number of halogens is 2. The minimum Gasteiger partial charge on any atom is -0.352 e. The van der Waals surface area contributed by atoms with E-state index in [2.05, 4.69) is 9.97 Å². The number of rotatable bonds is 3. The summed E-state index contributed by atoms with van der Waals surface area (Å²) in [6.45, 7) is 0.